The smallest absolute Gasteiger partial charge is 0.106 e. The molecule has 0 amide bonds. The van der Waals surface area contributed by atoms with Crippen LogP contribution in [0.15, 0.2) is 40.1 Å². The predicted octanol–water partition coefficient (Wildman–Crippen LogP) is 4.04. The van der Waals surface area contributed by atoms with Gasteiger partial charge in [0.1, 0.15) is 10.1 Å². The molecular formula is C14H22BrN3. The summed E-state index contributed by atoms with van der Waals surface area (Å²) in [5, 5.41) is 0. The molecule has 0 spiro atoms. The van der Waals surface area contributed by atoms with E-state index in [2.05, 4.69) is 32.5 Å². The van der Waals surface area contributed by atoms with Crippen LogP contribution in [0.5, 0.6) is 0 Å². The van der Waals surface area contributed by atoms with Crippen LogP contribution >= 0.6 is 15.9 Å². The molecule has 0 aliphatic carbocycles. The third-order valence-electron chi connectivity index (χ3n) is 2.52. The fraction of sp³-hybridized carbons (Fsp3) is 0.429. The first kappa shape index (κ1) is 16.8. The molecule has 0 aromatic carbocycles. The Balaban J connectivity index is 0.00000137. The van der Waals surface area contributed by atoms with Crippen molar-refractivity contribution < 1.29 is 0 Å². The molecule has 3 nitrogen and oxygen atoms in total. The Kier molecular flexibility index (Phi) is 6.84. The molecule has 1 atom stereocenters. The third kappa shape index (κ3) is 4.26. The van der Waals surface area contributed by atoms with E-state index in [0.29, 0.717) is 5.84 Å². The van der Waals surface area contributed by atoms with Crippen molar-refractivity contribution in [2.24, 2.45) is 10.7 Å². The third-order valence-corrected chi connectivity index (χ3v) is 2.95. The minimum absolute atomic E-state index is 0.496. The van der Waals surface area contributed by atoms with Crippen molar-refractivity contribution in [3.8, 4) is 0 Å². The lowest BCUT2D eigenvalue weighted by Crippen LogP contribution is -2.24. The van der Waals surface area contributed by atoms with E-state index in [1.807, 2.05) is 39.8 Å². The number of nitrogens with two attached hydrogens (primary N) is 1. The van der Waals surface area contributed by atoms with E-state index in [0.717, 1.165) is 15.7 Å². The Morgan fingerprint density at radius 3 is 2.39 bits per heavy atom. The summed E-state index contributed by atoms with van der Waals surface area (Å²) in [5.74, 6) is 0.540. The molecule has 18 heavy (non-hydrogen) atoms. The molecule has 1 aromatic rings. The van der Waals surface area contributed by atoms with Crippen LogP contribution in [0.25, 0.3) is 0 Å². The van der Waals surface area contributed by atoms with Crippen molar-refractivity contribution in [2.45, 2.75) is 40.2 Å². The topological polar surface area (TPSA) is 51.3 Å². The van der Waals surface area contributed by atoms with E-state index in [9.17, 15) is 0 Å². The highest BCUT2D eigenvalue weighted by Crippen LogP contribution is 2.33. The van der Waals surface area contributed by atoms with Crippen LogP contribution in [-0.2, 0) is 5.54 Å². The van der Waals surface area contributed by atoms with Gasteiger partial charge in [0.2, 0.25) is 0 Å². The molecule has 1 unspecified atom stereocenters. The SMILES string of the molecule is C=C(C)C(C)(N=C(C)N)c1ccnc(Br)c1.CC. The molecule has 0 bridgehead atoms. The number of amidine groups is 1. The van der Waals surface area contributed by atoms with Gasteiger partial charge in [-0.15, -0.1) is 0 Å². The lowest BCUT2D eigenvalue weighted by Gasteiger charge is -2.26. The summed E-state index contributed by atoms with van der Waals surface area (Å²) in [6.07, 6.45) is 1.74. The van der Waals surface area contributed by atoms with E-state index in [-0.39, 0.29) is 0 Å². The predicted molar refractivity (Wildman–Crippen MR) is 82.7 cm³/mol. The zero-order valence-corrected chi connectivity index (χ0v) is 13.4. The molecule has 2 N–H and O–H groups in total. The highest BCUT2D eigenvalue weighted by atomic mass is 79.9. The fourth-order valence-electron chi connectivity index (χ4n) is 1.46. The summed E-state index contributed by atoms with van der Waals surface area (Å²) in [7, 11) is 0. The molecule has 0 fully saturated rings. The number of aromatic nitrogens is 1. The highest BCUT2D eigenvalue weighted by molar-refractivity contribution is 9.10. The molecule has 0 aliphatic rings. The molecule has 0 saturated heterocycles. The van der Waals surface area contributed by atoms with Crippen LogP contribution in [0, 0.1) is 0 Å². The van der Waals surface area contributed by atoms with Crippen molar-refractivity contribution in [1.29, 1.82) is 0 Å². The minimum Gasteiger partial charge on any atom is -0.388 e. The highest BCUT2D eigenvalue weighted by Gasteiger charge is 2.27. The second-order valence-electron chi connectivity index (χ2n) is 3.97. The van der Waals surface area contributed by atoms with Crippen molar-refractivity contribution >= 4 is 21.8 Å². The van der Waals surface area contributed by atoms with Crippen LogP contribution in [0.3, 0.4) is 0 Å². The maximum Gasteiger partial charge on any atom is 0.106 e. The average Bonchev–Trinajstić information content (AvgIpc) is 2.30. The number of hydrogen-bond acceptors (Lipinski definition) is 2. The standard InChI is InChI=1S/C12H16BrN3.C2H6/c1-8(2)12(4,16-9(3)14)10-5-6-15-11(13)7-10;1-2/h5-7H,1H2,2-4H3,(H2,14,16);1-2H3. The second-order valence-corrected chi connectivity index (χ2v) is 4.79. The molecule has 0 aliphatic heterocycles. The van der Waals surface area contributed by atoms with Crippen molar-refractivity contribution in [2.75, 3.05) is 0 Å². The summed E-state index contributed by atoms with van der Waals surface area (Å²) in [5.41, 5.74) is 7.14. The monoisotopic (exact) mass is 311 g/mol. The lowest BCUT2D eigenvalue weighted by molar-refractivity contribution is 0.590. The number of halogens is 1. The zero-order chi connectivity index (χ0) is 14.3. The summed E-state index contributed by atoms with van der Waals surface area (Å²) >= 11 is 3.35. The Bertz CT molecular complexity index is 436. The quantitative estimate of drug-likeness (QED) is 0.396. The normalized spacial score (nSPS) is 14.2. The van der Waals surface area contributed by atoms with E-state index >= 15 is 0 Å². The molecule has 1 heterocycles. The number of rotatable bonds is 3. The van der Waals surface area contributed by atoms with Gasteiger partial charge in [-0.3, -0.25) is 4.99 Å². The molecule has 1 rings (SSSR count). The van der Waals surface area contributed by atoms with Crippen molar-refractivity contribution in [3.05, 3.63) is 40.6 Å². The van der Waals surface area contributed by atoms with Crippen molar-refractivity contribution in [1.82, 2.24) is 4.98 Å². The van der Waals surface area contributed by atoms with Gasteiger partial charge in [0.05, 0.1) is 5.84 Å². The lowest BCUT2D eigenvalue weighted by atomic mass is 9.87. The second kappa shape index (κ2) is 7.31. The first-order valence-electron chi connectivity index (χ1n) is 5.96. The summed E-state index contributed by atoms with van der Waals surface area (Å²) in [6, 6.07) is 3.85. The van der Waals surface area contributed by atoms with Crippen LogP contribution in [0.4, 0.5) is 0 Å². The number of hydrogen-bond donors (Lipinski definition) is 1. The van der Waals surface area contributed by atoms with Gasteiger partial charge in [-0.2, -0.15) is 0 Å². The molecule has 0 saturated carbocycles. The zero-order valence-electron chi connectivity index (χ0n) is 11.8. The first-order chi connectivity index (χ1) is 8.36. The van der Waals surface area contributed by atoms with Gasteiger partial charge in [0.25, 0.3) is 0 Å². The summed E-state index contributed by atoms with van der Waals surface area (Å²) in [4.78, 5) is 8.57. The maximum atomic E-state index is 5.67. The number of pyridine rings is 1. The molecular weight excluding hydrogens is 290 g/mol. The van der Waals surface area contributed by atoms with Gasteiger partial charge in [0, 0.05) is 6.20 Å². The number of aliphatic imine (C=N–C) groups is 1. The number of nitrogens with zero attached hydrogens (tertiary/aromatic N) is 2. The minimum atomic E-state index is -0.496. The van der Waals surface area contributed by atoms with Crippen LogP contribution in [-0.4, -0.2) is 10.8 Å². The van der Waals surface area contributed by atoms with E-state index < -0.39 is 5.54 Å². The van der Waals surface area contributed by atoms with Gasteiger partial charge < -0.3 is 5.73 Å². The Hall–Kier alpha value is -1.16. The van der Waals surface area contributed by atoms with Crippen molar-refractivity contribution in [3.63, 3.8) is 0 Å². The van der Waals surface area contributed by atoms with E-state index in [1.165, 1.54) is 0 Å². The van der Waals surface area contributed by atoms with Crippen LogP contribution < -0.4 is 5.73 Å². The summed E-state index contributed by atoms with van der Waals surface area (Å²) < 4.78 is 0.780. The Morgan fingerprint density at radius 1 is 1.44 bits per heavy atom. The fourth-order valence-corrected chi connectivity index (χ4v) is 1.83. The molecule has 0 radical (unpaired) electrons. The molecule has 1 aromatic heterocycles. The molecule has 100 valence electrons. The Morgan fingerprint density at radius 2 is 2.00 bits per heavy atom. The van der Waals surface area contributed by atoms with Gasteiger partial charge >= 0.3 is 0 Å². The summed E-state index contributed by atoms with van der Waals surface area (Å²) in [6.45, 7) is 13.7. The van der Waals surface area contributed by atoms with Gasteiger partial charge in [-0.05, 0) is 60.0 Å². The van der Waals surface area contributed by atoms with E-state index in [1.54, 1.807) is 13.1 Å². The molecule has 4 heteroatoms. The maximum absolute atomic E-state index is 5.67. The van der Waals surface area contributed by atoms with Gasteiger partial charge in [-0.25, -0.2) is 4.98 Å². The first-order valence-corrected chi connectivity index (χ1v) is 6.75. The van der Waals surface area contributed by atoms with Gasteiger partial charge in [0.15, 0.2) is 0 Å². The van der Waals surface area contributed by atoms with Crippen LogP contribution in [0.1, 0.15) is 40.2 Å². The Labute approximate surface area is 118 Å². The van der Waals surface area contributed by atoms with E-state index in [4.69, 9.17) is 5.73 Å². The van der Waals surface area contributed by atoms with Crippen LogP contribution in [0.2, 0.25) is 0 Å². The average molecular weight is 312 g/mol. The largest absolute Gasteiger partial charge is 0.388 e. The van der Waals surface area contributed by atoms with Gasteiger partial charge in [-0.1, -0.05) is 20.4 Å².